The van der Waals surface area contributed by atoms with Gasteiger partial charge in [0, 0.05) is 36.1 Å². The van der Waals surface area contributed by atoms with Crippen molar-refractivity contribution in [2.75, 3.05) is 23.8 Å². The summed E-state index contributed by atoms with van der Waals surface area (Å²) in [7, 11) is 0. The molecule has 2 unspecified atom stereocenters. The number of nitrogen functional groups attached to an aromatic ring is 1. The molecule has 2 atom stereocenters. The number of piperidine rings is 1. The smallest absolute Gasteiger partial charge is 0.123 e. The maximum atomic E-state index is 5.99. The lowest BCUT2D eigenvalue weighted by Gasteiger charge is -2.29. The molecule has 2 fully saturated rings. The molecule has 98 valence electrons. The first-order chi connectivity index (χ1) is 8.76. The van der Waals surface area contributed by atoms with E-state index in [1.165, 1.54) is 31.5 Å². The SMILES string of the molecule is CCCOc1cc(N)cc(N2CC3CCC2C3)c1. The molecule has 3 heteroatoms. The normalized spacial score (nSPS) is 25.7. The van der Waals surface area contributed by atoms with Gasteiger partial charge in [0.15, 0.2) is 0 Å². The van der Waals surface area contributed by atoms with Crippen molar-refractivity contribution in [2.45, 2.75) is 38.6 Å². The maximum absolute atomic E-state index is 5.99. The zero-order chi connectivity index (χ0) is 12.5. The van der Waals surface area contributed by atoms with E-state index in [1.54, 1.807) is 0 Å². The largest absolute Gasteiger partial charge is 0.493 e. The summed E-state index contributed by atoms with van der Waals surface area (Å²) < 4.78 is 5.71. The summed E-state index contributed by atoms with van der Waals surface area (Å²) >= 11 is 0. The fourth-order valence-corrected chi connectivity index (χ4v) is 3.32. The Hall–Kier alpha value is -1.38. The fourth-order valence-electron chi connectivity index (χ4n) is 3.32. The molecule has 1 saturated carbocycles. The third kappa shape index (κ3) is 2.14. The van der Waals surface area contributed by atoms with Crippen LogP contribution in [-0.2, 0) is 0 Å². The molecule has 3 nitrogen and oxygen atoms in total. The quantitative estimate of drug-likeness (QED) is 0.830. The van der Waals surface area contributed by atoms with Gasteiger partial charge in [0.05, 0.1) is 6.61 Å². The first-order valence-corrected chi connectivity index (χ1v) is 7.06. The zero-order valence-electron chi connectivity index (χ0n) is 11.1. The average Bonchev–Trinajstić information content (AvgIpc) is 2.98. The first-order valence-electron chi connectivity index (χ1n) is 7.06. The molecule has 2 aliphatic rings. The third-order valence-corrected chi connectivity index (χ3v) is 4.13. The van der Waals surface area contributed by atoms with Crippen molar-refractivity contribution in [2.24, 2.45) is 5.92 Å². The van der Waals surface area contributed by atoms with Crippen LogP contribution in [0.15, 0.2) is 18.2 Å². The monoisotopic (exact) mass is 246 g/mol. The molecule has 0 spiro atoms. The number of anilines is 2. The molecule has 0 amide bonds. The van der Waals surface area contributed by atoms with Crippen LogP contribution in [0.3, 0.4) is 0 Å². The van der Waals surface area contributed by atoms with Crippen LogP contribution in [0.1, 0.15) is 32.6 Å². The standard InChI is InChI=1S/C15H22N2O/c1-2-5-18-15-8-12(16)7-14(9-15)17-10-11-3-4-13(17)6-11/h7-9,11,13H,2-6,10,16H2,1H3. The second-order valence-corrected chi connectivity index (χ2v) is 5.59. The zero-order valence-corrected chi connectivity index (χ0v) is 11.1. The molecular formula is C15H22N2O. The average molecular weight is 246 g/mol. The highest BCUT2D eigenvalue weighted by molar-refractivity contribution is 5.61. The van der Waals surface area contributed by atoms with Crippen molar-refractivity contribution < 1.29 is 4.74 Å². The van der Waals surface area contributed by atoms with Gasteiger partial charge in [0.1, 0.15) is 5.75 Å². The number of hydrogen-bond acceptors (Lipinski definition) is 3. The van der Waals surface area contributed by atoms with E-state index in [1.807, 2.05) is 6.07 Å². The Morgan fingerprint density at radius 2 is 2.22 bits per heavy atom. The molecule has 3 rings (SSSR count). The Morgan fingerprint density at radius 1 is 1.33 bits per heavy atom. The van der Waals surface area contributed by atoms with E-state index in [0.717, 1.165) is 36.4 Å². The number of nitrogens with zero attached hydrogens (tertiary/aromatic N) is 1. The molecule has 1 aromatic carbocycles. The minimum atomic E-state index is 0.732. The van der Waals surface area contributed by atoms with Crippen molar-refractivity contribution in [1.29, 1.82) is 0 Å². The van der Waals surface area contributed by atoms with Gasteiger partial charge in [-0.3, -0.25) is 0 Å². The van der Waals surface area contributed by atoms with Crippen LogP contribution in [-0.4, -0.2) is 19.2 Å². The summed E-state index contributed by atoms with van der Waals surface area (Å²) in [6, 6.07) is 6.88. The molecule has 1 aliphatic heterocycles. The molecule has 0 radical (unpaired) electrons. The number of ether oxygens (including phenoxy) is 1. The van der Waals surface area contributed by atoms with Crippen LogP contribution >= 0.6 is 0 Å². The van der Waals surface area contributed by atoms with E-state index in [9.17, 15) is 0 Å². The molecule has 1 heterocycles. The number of nitrogens with two attached hydrogens (primary N) is 1. The van der Waals surface area contributed by atoms with Crippen LogP contribution < -0.4 is 15.4 Å². The second-order valence-electron chi connectivity index (χ2n) is 5.59. The highest BCUT2D eigenvalue weighted by atomic mass is 16.5. The molecule has 18 heavy (non-hydrogen) atoms. The van der Waals surface area contributed by atoms with Gasteiger partial charge in [-0.1, -0.05) is 6.92 Å². The number of fused-ring (bicyclic) bond motifs is 2. The van der Waals surface area contributed by atoms with Gasteiger partial charge in [0.2, 0.25) is 0 Å². The lowest BCUT2D eigenvalue weighted by Crippen LogP contribution is -2.31. The predicted octanol–water partition coefficient (Wildman–Crippen LogP) is 3.05. The Labute approximate surface area is 109 Å². The van der Waals surface area contributed by atoms with E-state index in [-0.39, 0.29) is 0 Å². The number of benzene rings is 1. The van der Waals surface area contributed by atoms with Crippen LogP contribution in [0.4, 0.5) is 11.4 Å². The van der Waals surface area contributed by atoms with Gasteiger partial charge in [0.25, 0.3) is 0 Å². The second kappa shape index (κ2) is 4.71. The molecule has 2 bridgehead atoms. The Balaban J connectivity index is 1.81. The molecular weight excluding hydrogens is 224 g/mol. The molecule has 0 aromatic heterocycles. The summed E-state index contributed by atoms with van der Waals surface area (Å²) in [6.07, 6.45) is 5.13. The fraction of sp³-hybridized carbons (Fsp3) is 0.600. The van der Waals surface area contributed by atoms with E-state index < -0.39 is 0 Å². The van der Waals surface area contributed by atoms with Crippen molar-refractivity contribution >= 4 is 11.4 Å². The topological polar surface area (TPSA) is 38.5 Å². The van der Waals surface area contributed by atoms with Crippen LogP contribution in [0, 0.1) is 5.92 Å². The van der Waals surface area contributed by atoms with Gasteiger partial charge in [-0.15, -0.1) is 0 Å². The van der Waals surface area contributed by atoms with E-state index in [4.69, 9.17) is 10.5 Å². The lowest BCUT2D eigenvalue weighted by molar-refractivity contribution is 0.317. The van der Waals surface area contributed by atoms with Crippen molar-refractivity contribution in [3.05, 3.63) is 18.2 Å². The lowest BCUT2D eigenvalue weighted by atomic mass is 10.1. The summed E-state index contributed by atoms with van der Waals surface area (Å²) in [5, 5.41) is 0. The van der Waals surface area contributed by atoms with Gasteiger partial charge in [-0.05, 0) is 37.7 Å². The number of rotatable bonds is 4. The minimum Gasteiger partial charge on any atom is -0.493 e. The third-order valence-electron chi connectivity index (χ3n) is 4.13. The van der Waals surface area contributed by atoms with E-state index in [0.29, 0.717) is 0 Å². The Kier molecular flexibility index (Phi) is 3.06. The van der Waals surface area contributed by atoms with Gasteiger partial charge in [-0.2, -0.15) is 0 Å². The number of hydrogen-bond donors (Lipinski definition) is 1. The molecule has 1 aliphatic carbocycles. The first kappa shape index (κ1) is 11.7. The summed E-state index contributed by atoms with van der Waals surface area (Å²) in [5.41, 5.74) is 8.04. The van der Waals surface area contributed by atoms with Crippen LogP contribution in [0.5, 0.6) is 5.75 Å². The Morgan fingerprint density at radius 3 is 2.89 bits per heavy atom. The predicted molar refractivity (Wildman–Crippen MR) is 75.1 cm³/mol. The van der Waals surface area contributed by atoms with Gasteiger partial charge in [-0.25, -0.2) is 0 Å². The highest BCUT2D eigenvalue weighted by Gasteiger charge is 2.37. The van der Waals surface area contributed by atoms with Gasteiger partial charge < -0.3 is 15.4 Å². The van der Waals surface area contributed by atoms with Gasteiger partial charge >= 0.3 is 0 Å². The van der Waals surface area contributed by atoms with Crippen LogP contribution in [0.25, 0.3) is 0 Å². The molecule has 1 aromatic rings. The molecule has 2 N–H and O–H groups in total. The van der Waals surface area contributed by atoms with Crippen molar-refractivity contribution in [3.63, 3.8) is 0 Å². The highest BCUT2D eigenvalue weighted by Crippen LogP contribution is 2.41. The summed E-state index contributed by atoms with van der Waals surface area (Å²) in [6.45, 7) is 4.07. The van der Waals surface area contributed by atoms with E-state index in [2.05, 4.69) is 24.0 Å². The van der Waals surface area contributed by atoms with E-state index >= 15 is 0 Å². The Bertz CT molecular complexity index is 433. The minimum absolute atomic E-state index is 0.732. The van der Waals surface area contributed by atoms with Crippen LogP contribution in [0.2, 0.25) is 0 Å². The van der Waals surface area contributed by atoms with Crippen molar-refractivity contribution in [1.82, 2.24) is 0 Å². The maximum Gasteiger partial charge on any atom is 0.123 e. The summed E-state index contributed by atoms with van der Waals surface area (Å²) in [5.74, 6) is 1.81. The summed E-state index contributed by atoms with van der Waals surface area (Å²) in [4.78, 5) is 2.52. The van der Waals surface area contributed by atoms with Crippen molar-refractivity contribution in [3.8, 4) is 5.75 Å². The molecule has 1 saturated heterocycles.